The van der Waals surface area contributed by atoms with Gasteiger partial charge in [-0.2, -0.15) is 0 Å². The van der Waals surface area contributed by atoms with Gasteiger partial charge in [0.15, 0.2) is 16.6 Å². The summed E-state index contributed by atoms with van der Waals surface area (Å²) < 4.78 is 10.5. The monoisotopic (exact) mass is 389 g/mol. The second-order valence-corrected chi connectivity index (χ2v) is 6.53. The van der Waals surface area contributed by atoms with Gasteiger partial charge in [-0.15, -0.1) is 0 Å². The van der Waals surface area contributed by atoms with Crippen molar-refractivity contribution >= 4 is 34.7 Å². The molecule has 2 aromatic heterocycles. The van der Waals surface area contributed by atoms with Gasteiger partial charge in [-0.25, -0.2) is 19.7 Å². The van der Waals surface area contributed by atoms with Crippen LogP contribution in [-0.4, -0.2) is 56.1 Å². The van der Waals surface area contributed by atoms with E-state index in [0.29, 0.717) is 45.8 Å². The number of anilines is 1. The van der Waals surface area contributed by atoms with Crippen molar-refractivity contribution in [2.24, 2.45) is 0 Å². The van der Waals surface area contributed by atoms with Crippen molar-refractivity contribution in [2.45, 2.75) is 18.2 Å². The summed E-state index contributed by atoms with van der Waals surface area (Å²) in [6, 6.07) is 6.56. The number of aromatic amines is 1. The molecule has 0 radical (unpaired) electrons. The van der Waals surface area contributed by atoms with E-state index in [1.165, 1.54) is 18.1 Å². The maximum Gasteiger partial charge on any atom is 0.338 e. The number of H-pyrrole nitrogens is 1. The minimum atomic E-state index is -0.712. The molecular weight excluding hydrogens is 370 g/mol. The van der Waals surface area contributed by atoms with Crippen molar-refractivity contribution in [3.63, 3.8) is 0 Å². The third kappa shape index (κ3) is 4.86. The molecule has 3 rings (SSSR count). The number of rotatable bonds is 8. The average Bonchev–Trinajstić information content (AvgIpc) is 3.10. The number of ether oxygens (including phenoxy) is 2. The summed E-state index contributed by atoms with van der Waals surface area (Å²) in [7, 11) is 0. The van der Waals surface area contributed by atoms with E-state index >= 15 is 0 Å². The van der Waals surface area contributed by atoms with Crippen LogP contribution in [0.3, 0.4) is 0 Å². The molecule has 27 heavy (non-hydrogen) atoms. The molecule has 0 saturated carbocycles. The lowest BCUT2D eigenvalue weighted by molar-refractivity contribution is 0.0526. The molecule has 142 valence electrons. The van der Waals surface area contributed by atoms with Crippen molar-refractivity contribution in [1.82, 2.24) is 19.9 Å². The number of carbonyl (C=O) groups excluding carboxylic acids is 1. The average molecular weight is 389 g/mol. The predicted molar refractivity (Wildman–Crippen MR) is 101 cm³/mol. The van der Waals surface area contributed by atoms with Crippen molar-refractivity contribution in [1.29, 1.82) is 0 Å². The molecule has 1 atom stereocenters. The van der Waals surface area contributed by atoms with Crippen molar-refractivity contribution < 1.29 is 19.4 Å². The normalized spacial score (nSPS) is 12.1. The molecule has 10 heteroatoms. The molecule has 0 aliphatic rings. The number of nitrogens with one attached hydrogen (secondary N) is 1. The third-order valence-electron chi connectivity index (χ3n) is 3.52. The van der Waals surface area contributed by atoms with Crippen LogP contribution in [0.15, 0.2) is 35.7 Å². The Hall–Kier alpha value is -2.85. The molecular formula is C17H19N5O4S. The van der Waals surface area contributed by atoms with Crippen LogP contribution in [0.1, 0.15) is 17.3 Å². The number of nitrogen functional groups attached to an aromatic ring is 1. The first-order chi connectivity index (χ1) is 13.1. The number of aliphatic hydroxyl groups excluding tert-OH is 1. The number of carbonyl (C=O) groups is 1. The molecule has 0 saturated heterocycles. The number of nitrogens with two attached hydrogens (primary N) is 1. The van der Waals surface area contributed by atoms with E-state index in [0.717, 1.165) is 0 Å². The largest absolute Gasteiger partial charge is 0.491 e. The van der Waals surface area contributed by atoms with Gasteiger partial charge in [-0.3, -0.25) is 0 Å². The number of fused-ring (bicyclic) bond motifs is 1. The Kier molecular flexibility index (Phi) is 6.09. The molecule has 3 aromatic rings. The number of esters is 1. The second-order valence-electron chi connectivity index (χ2n) is 5.52. The molecule has 1 aromatic carbocycles. The van der Waals surface area contributed by atoms with E-state index in [2.05, 4.69) is 19.9 Å². The maximum absolute atomic E-state index is 11.6. The van der Waals surface area contributed by atoms with Crippen LogP contribution in [0, 0.1) is 0 Å². The van der Waals surface area contributed by atoms with Crippen LogP contribution in [-0.2, 0) is 4.74 Å². The number of benzene rings is 1. The minimum absolute atomic E-state index is 0.105. The van der Waals surface area contributed by atoms with E-state index in [9.17, 15) is 9.90 Å². The Morgan fingerprint density at radius 1 is 1.33 bits per heavy atom. The first kappa shape index (κ1) is 18.9. The van der Waals surface area contributed by atoms with Crippen molar-refractivity contribution in [3.8, 4) is 5.75 Å². The van der Waals surface area contributed by atoms with Crippen LogP contribution >= 0.6 is 11.8 Å². The first-order valence-corrected chi connectivity index (χ1v) is 9.22. The summed E-state index contributed by atoms with van der Waals surface area (Å²) in [5.74, 6) is 0.874. The van der Waals surface area contributed by atoms with Crippen LogP contribution in [0.2, 0.25) is 0 Å². The standard InChI is InChI=1S/C17H19N5O4S/c1-2-25-16(24)10-3-5-12(6-4-10)26-7-11(23)8-27-17-21-13-14(18)19-9-20-15(13)22-17/h3-6,9,11,23H,2,7-8H2,1H3,(H3,18,19,20,21,22)/t11-/m0/s1. The lowest BCUT2D eigenvalue weighted by Crippen LogP contribution is -2.20. The van der Waals surface area contributed by atoms with Gasteiger partial charge in [0, 0.05) is 5.75 Å². The molecule has 9 nitrogen and oxygen atoms in total. The number of thioether (sulfide) groups is 1. The summed E-state index contributed by atoms with van der Waals surface area (Å²) in [4.78, 5) is 26.8. The zero-order chi connectivity index (χ0) is 19.2. The topological polar surface area (TPSA) is 136 Å². The summed E-state index contributed by atoms with van der Waals surface area (Å²) in [6.45, 7) is 2.18. The smallest absolute Gasteiger partial charge is 0.338 e. The Labute approximate surface area is 159 Å². The van der Waals surface area contributed by atoms with Crippen LogP contribution < -0.4 is 10.5 Å². The second kappa shape index (κ2) is 8.69. The van der Waals surface area contributed by atoms with Crippen molar-refractivity contribution in [2.75, 3.05) is 24.7 Å². The zero-order valence-corrected chi connectivity index (χ0v) is 15.4. The lowest BCUT2D eigenvalue weighted by atomic mass is 10.2. The van der Waals surface area contributed by atoms with Gasteiger partial charge in [0.25, 0.3) is 0 Å². The molecule has 0 fully saturated rings. The Balaban J connectivity index is 1.48. The molecule has 0 aliphatic carbocycles. The summed E-state index contributed by atoms with van der Waals surface area (Å²) in [5, 5.41) is 10.7. The molecule has 2 heterocycles. The van der Waals surface area contributed by atoms with Crippen LogP contribution in [0.5, 0.6) is 5.75 Å². The fourth-order valence-electron chi connectivity index (χ4n) is 2.21. The highest BCUT2D eigenvalue weighted by atomic mass is 32.2. The first-order valence-electron chi connectivity index (χ1n) is 8.24. The van der Waals surface area contributed by atoms with Crippen LogP contribution in [0.25, 0.3) is 11.2 Å². The minimum Gasteiger partial charge on any atom is -0.491 e. The number of hydrogen-bond donors (Lipinski definition) is 3. The molecule has 0 aliphatic heterocycles. The van der Waals surface area contributed by atoms with Gasteiger partial charge in [0.05, 0.1) is 18.3 Å². The van der Waals surface area contributed by atoms with Gasteiger partial charge in [0.2, 0.25) is 0 Å². The number of aliphatic hydroxyl groups is 1. The van der Waals surface area contributed by atoms with Gasteiger partial charge in [-0.05, 0) is 31.2 Å². The molecule has 0 amide bonds. The van der Waals surface area contributed by atoms with Gasteiger partial charge >= 0.3 is 5.97 Å². The Morgan fingerprint density at radius 2 is 2.11 bits per heavy atom. The Bertz CT molecular complexity index is 915. The van der Waals surface area contributed by atoms with E-state index in [4.69, 9.17) is 15.2 Å². The highest BCUT2D eigenvalue weighted by molar-refractivity contribution is 7.99. The van der Waals surface area contributed by atoms with Gasteiger partial charge < -0.3 is 25.3 Å². The molecule has 0 unspecified atom stereocenters. The number of nitrogens with zero attached hydrogens (tertiary/aromatic N) is 3. The SMILES string of the molecule is CCOC(=O)c1ccc(OC[C@H](O)CSc2nc3ncnc(N)c3[nH]2)cc1. The predicted octanol–water partition coefficient (Wildman–Crippen LogP) is 1.64. The number of hydrogen-bond acceptors (Lipinski definition) is 9. The molecule has 0 spiro atoms. The van der Waals surface area contributed by atoms with Gasteiger partial charge in [-0.1, -0.05) is 11.8 Å². The molecule has 4 N–H and O–H groups in total. The summed E-state index contributed by atoms with van der Waals surface area (Å²) >= 11 is 1.33. The lowest BCUT2D eigenvalue weighted by Gasteiger charge is -2.11. The van der Waals surface area contributed by atoms with Gasteiger partial charge in [0.1, 0.15) is 24.2 Å². The van der Waals surface area contributed by atoms with E-state index in [-0.39, 0.29) is 12.6 Å². The highest BCUT2D eigenvalue weighted by Gasteiger charge is 2.12. The van der Waals surface area contributed by atoms with E-state index in [1.807, 2.05) is 0 Å². The zero-order valence-electron chi connectivity index (χ0n) is 14.6. The summed E-state index contributed by atoms with van der Waals surface area (Å²) in [6.07, 6.45) is 0.638. The maximum atomic E-state index is 11.6. The Morgan fingerprint density at radius 3 is 2.81 bits per heavy atom. The number of imidazole rings is 1. The van der Waals surface area contributed by atoms with E-state index < -0.39 is 6.10 Å². The van der Waals surface area contributed by atoms with Crippen LogP contribution in [0.4, 0.5) is 5.82 Å². The quantitative estimate of drug-likeness (QED) is 0.388. The fourth-order valence-corrected chi connectivity index (χ4v) is 2.98. The molecule has 0 bridgehead atoms. The number of aromatic nitrogens is 4. The third-order valence-corrected chi connectivity index (χ3v) is 4.53. The fraction of sp³-hybridized carbons (Fsp3) is 0.294. The van der Waals surface area contributed by atoms with E-state index in [1.54, 1.807) is 31.2 Å². The highest BCUT2D eigenvalue weighted by Crippen LogP contribution is 2.21. The summed E-state index contributed by atoms with van der Waals surface area (Å²) in [5.41, 5.74) is 7.27. The van der Waals surface area contributed by atoms with Crippen molar-refractivity contribution in [3.05, 3.63) is 36.2 Å².